The Hall–Kier alpha value is -4.93. The van der Waals surface area contributed by atoms with E-state index in [1.165, 1.54) is 23.1 Å². The first-order valence-corrected chi connectivity index (χ1v) is 20.7. The van der Waals surface area contributed by atoms with Crippen LogP contribution in [-0.4, -0.2) is 87.6 Å². The molecular formula is C38H44FN7O8S. The smallest absolute Gasteiger partial charge is 0.274 e. The van der Waals surface area contributed by atoms with Crippen molar-refractivity contribution in [3.63, 3.8) is 0 Å². The largest absolute Gasteiger partial charge is 0.471 e. The molecule has 0 bridgehead atoms. The van der Waals surface area contributed by atoms with E-state index in [-0.39, 0.29) is 48.8 Å². The maximum atomic E-state index is 14.6. The second-order valence-corrected chi connectivity index (χ2v) is 17.3. The number of benzene rings is 1. The van der Waals surface area contributed by atoms with Gasteiger partial charge in [-0.25, -0.2) is 22.8 Å². The van der Waals surface area contributed by atoms with E-state index in [1.807, 2.05) is 19.1 Å². The van der Waals surface area contributed by atoms with Crippen molar-refractivity contribution < 1.29 is 41.2 Å². The fourth-order valence-corrected chi connectivity index (χ4v) is 8.93. The van der Waals surface area contributed by atoms with E-state index in [4.69, 9.17) is 9.26 Å². The van der Waals surface area contributed by atoms with Crippen LogP contribution in [0.2, 0.25) is 0 Å². The first kappa shape index (κ1) is 37.0. The van der Waals surface area contributed by atoms with Gasteiger partial charge in [0.25, 0.3) is 11.8 Å². The standard InChI is InChI=1S/C38H44FN7O8S/c1-2-26-35(42-29-16-23(39)12-15-27(29)40-26)53-24-17-31-34(48)43-38(37(50)45-55(51,52)25-13-14-25)19-22(38)8-6-4-3-5-7-9-28(36(49)46(31)20-24)41-33(47)30-18-32(54-44-30)21-10-11-21/h6,8,12,15-16,18,21-22,24-25,28,31H,2-5,7,9-11,13-14,17,19-20H2,1H3,(H,41,47)(H,43,48)(H,45,50)/b8-6-/t22?,24-,28+,31+,38-/m1/s1. The number of carbonyl (C=O) groups is 4. The van der Waals surface area contributed by atoms with Crippen LogP contribution in [0.4, 0.5) is 4.39 Å². The van der Waals surface area contributed by atoms with Gasteiger partial charge in [0.15, 0.2) is 5.69 Å². The zero-order valence-corrected chi connectivity index (χ0v) is 31.3. The van der Waals surface area contributed by atoms with Gasteiger partial charge < -0.3 is 24.8 Å². The number of hydrogen-bond acceptors (Lipinski definition) is 11. The van der Waals surface area contributed by atoms with Crippen LogP contribution in [0, 0.1) is 11.7 Å². The van der Waals surface area contributed by atoms with E-state index in [0.29, 0.717) is 49.1 Å². The summed E-state index contributed by atoms with van der Waals surface area (Å²) in [4.78, 5) is 66.7. The predicted octanol–water partition coefficient (Wildman–Crippen LogP) is 3.35. The van der Waals surface area contributed by atoms with Crippen molar-refractivity contribution >= 4 is 44.7 Å². The number of rotatable bonds is 9. The Morgan fingerprint density at radius 1 is 1.07 bits per heavy atom. The number of aromatic nitrogens is 3. The molecule has 292 valence electrons. The second-order valence-electron chi connectivity index (χ2n) is 15.4. The van der Waals surface area contributed by atoms with Crippen molar-refractivity contribution in [2.75, 3.05) is 6.54 Å². The van der Waals surface area contributed by atoms with E-state index >= 15 is 0 Å². The number of allylic oxidation sites excluding steroid dienone is 1. The zero-order valence-electron chi connectivity index (χ0n) is 30.5. The summed E-state index contributed by atoms with van der Waals surface area (Å²) < 4.78 is 53.8. The lowest BCUT2D eigenvalue weighted by atomic mass is 10.0. The van der Waals surface area contributed by atoms with Crippen LogP contribution >= 0.6 is 0 Å². The third-order valence-electron chi connectivity index (χ3n) is 11.2. The molecule has 17 heteroatoms. The van der Waals surface area contributed by atoms with Crippen molar-refractivity contribution in [3.05, 3.63) is 59.4 Å². The monoisotopic (exact) mass is 777 g/mol. The molecule has 2 aromatic heterocycles. The van der Waals surface area contributed by atoms with Crippen LogP contribution in [0.1, 0.15) is 105 Å². The van der Waals surface area contributed by atoms with Crippen LogP contribution in [0.15, 0.2) is 40.9 Å². The highest BCUT2D eigenvalue weighted by Crippen LogP contribution is 2.46. The van der Waals surface area contributed by atoms with Gasteiger partial charge in [0.05, 0.1) is 22.8 Å². The van der Waals surface area contributed by atoms with Crippen molar-refractivity contribution in [1.82, 2.24) is 35.4 Å². The summed E-state index contributed by atoms with van der Waals surface area (Å²) in [6, 6.07) is 3.46. The Labute approximate surface area is 317 Å². The highest BCUT2D eigenvalue weighted by Gasteiger charge is 2.62. The fraction of sp³-hybridized carbons (Fsp3) is 0.553. The SMILES string of the molecule is CCc1nc2ccc(F)cc2nc1O[C@@H]1C[C@H]2C(=O)N[C@]3(C(=O)NS(=O)(=O)C4CC4)CC3/C=C\CCCCC[C@H](NC(=O)c3cc(C4CC4)on3)C(=O)N2C1. The van der Waals surface area contributed by atoms with Crippen LogP contribution in [0.5, 0.6) is 5.88 Å². The van der Waals surface area contributed by atoms with Crippen LogP contribution in [0.25, 0.3) is 11.0 Å². The highest BCUT2D eigenvalue weighted by molar-refractivity contribution is 7.91. The minimum Gasteiger partial charge on any atom is -0.471 e. The summed E-state index contributed by atoms with van der Waals surface area (Å²) in [5, 5.41) is 8.99. The summed E-state index contributed by atoms with van der Waals surface area (Å²) in [6.07, 6.45) is 9.48. The van der Waals surface area contributed by atoms with E-state index in [1.54, 1.807) is 6.07 Å². The van der Waals surface area contributed by atoms with Crippen molar-refractivity contribution in [3.8, 4) is 5.88 Å². The quantitative estimate of drug-likeness (QED) is 0.269. The average molecular weight is 778 g/mol. The Bertz CT molecular complexity index is 2170. The molecule has 3 aliphatic carbocycles. The molecule has 0 radical (unpaired) electrons. The van der Waals surface area contributed by atoms with Crippen molar-refractivity contribution in [2.45, 2.75) is 119 Å². The lowest BCUT2D eigenvalue weighted by Crippen LogP contribution is -2.58. The third-order valence-corrected chi connectivity index (χ3v) is 13.0. The number of carbonyl (C=O) groups excluding carboxylic acids is 4. The molecule has 3 aromatic rings. The molecule has 4 amide bonds. The normalized spacial score (nSPS) is 27.9. The summed E-state index contributed by atoms with van der Waals surface area (Å²) in [5.74, 6) is -2.55. The lowest BCUT2D eigenvalue weighted by Gasteiger charge is -2.29. The van der Waals surface area contributed by atoms with E-state index in [9.17, 15) is 32.0 Å². The number of fused-ring (bicyclic) bond motifs is 3. The summed E-state index contributed by atoms with van der Waals surface area (Å²) in [6.45, 7) is 1.79. The van der Waals surface area contributed by atoms with Gasteiger partial charge in [0, 0.05) is 30.4 Å². The Kier molecular flexibility index (Phi) is 9.84. The Morgan fingerprint density at radius 3 is 2.65 bits per heavy atom. The van der Waals surface area contributed by atoms with Crippen LogP contribution in [-0.2, 0) is 30.8 Å². The first-order chi connectivity index (χ1) is 26.4. The molecule has 8 rings (SSSR count). The van der Waals surface area contributed by atoms with Crippen molar-refractivity contribution in [2.24, 2.45) is 5.92 Å². The van der Waals surface area contributed by atoms with Gasteiger partial charge in [0.1, 0.15) is 41.0 Å². The second kappa shape index (κ2) is 14.6. The fourth-order valence-electron chi connectivity index (χ4n) is 7.57. The molecule has 2 aliphatic heterocycles. The maximum Gasteiger partial charge on any atom is 0.274 e. The van der Waals surface area contributed by atoms with Gasteiger partial charge in [-0.2, -0.15) is 0 Å². The molecule has 5 aliphatic rings. The molecule has 4 fully saturated rings. The van der Waals surface area contributed by atoms with Gasteiger partial charge in [-0.15, -0.1) is 0 Å². The minimum absolute atomic E-state index is 0.0170. The number of halogens is 1. The summed E-state index contributed by atoms with van der Waals surface area (Å²) in [7, 11) is -3.91. The Balaban J connectivity index is 1.10. The Morgan fingerprint density at radius 2 is 1.89 bits per heavy atom. The predicted molar refractivity (Wildman–Crippen MR) is 194 cm³/mol. The molecule has 15 nitrogen and oxygen atoms in total. The molecule has 5 atom stereocenters. The van der Waals surface area contributed by atoms with Gasteiger partial charge in [-0.3, -0.25) is 23.9 Å². The lowest BCUT2D eigenvalue weighted by molar-refractivity contribution is -0.141. The number of sulfonamides is 1. The molecule has 3 N–H and O–H groups in total. The van der Waals surface area contributed by atoms with Gasteiger partial charge in [-0.1, -0.05) is 37.1 Å². The van der Waals surface area contributed by atoms with Gasteiger partial charge >= 0.3 is 0 Å². The number of hydrogen-bond donors (Lipinski definition) is 3. The number of amides is 4. The van der Waals surface area contributed by atoms with Crippen LogP contribution in [0.3, 0.4) is 0 Å². The minimum atomic E-state index is -3.91. The zero-order chi connectivity index (χ0) is 38.5. The molecule has 0 spiro atoms. The maximum absolute atomic E-state index is 14.6. The number of nitrogens with one attached hydrogen (secondary N) is 3. The average Bonchev–Trinajstić information content (AvgIpc) is 4.11. The van der Waals surface area contributed by atoms with Gasteiger partial charge in [0.2, 0.25) is 27.7 Å². The molecule has 1 unspecified atom stereocenters. The molecule has 1 saturated heterocycles. The molecule has 55 heavy (non-hydrogen) atoms. The topological polar surface area (TPSA) is 203 Å². The summed E-state index contributed by atoms with van der Waals surface area (Å²) >= 11 is 0. The van der Waals surface area contributed by atoms with E-state index < -0.39 is 74.4 Å². The number of aryl methyl sites for hydroxylation is 1. The number of nitrogens with zero attached hydrogens (tertiary/aromatic N) is 4. The highest BCUT2D eigenvalue weighted by atomic mass is 32.2. The van der Waals surface area contributed by atoms with Gasteiger partial charge in [-0.05, 0) is 69.9 Å². The molecule has 1 aromatic carbocycles. The van der Waals surface area contributed by atoms with Crippen molar-refractivity contribution in [1.29, 1.82) is 0 Å². The first-order valence-electron chi connectivity index (χ1n) is 19.2. The number of ether oxygens (including phenoxy) is 1. The van der Waals surface area contributed by atoms with E-state index in [0.717, 1.165) is 25.7 Å². The molecular weight excluding hydrogens is 734 g/mol. The van der Waals surface area contributed by atoms with Crippen LogP contribution < -0.4 is 20.1 Å². The summed E-state index contributed by atoms with van der Waals surface area (Å²) in [5.41, 5.74) is -0.222. The molecule has 3 saturated carbocycles. The van der Waals surface area contributed by atoms with E-state index in [2.05, 4.69) is 30.5 Å². The molecule has 4 heterocycles. The third kappa shape index (κ3) is 7.80.